The Labute approximate surface area is 127 Å². The summed E-state index contributed by atoms with van der Waals surface area (Å²) in [6.45, 7) is 0. The Morgan fingerprint density at radius 1 is 0.864 bits per heavy atom. The molecule has 0 heterocycles. The highest BCUT2D eigenvalue weighted by Gasteiger charge is 2.21. The summed E-state index contributed by atoms with van der Waals surface area (Å²) in [7, 11) is 0. The van der Waals surface area contributed by atoms with Gasteiger partial charge in [-0.2, -0.15) is 0 Å². The zero-order valence-electron chi connectivity index (χ0n) is 11.7. The lowest BCUT2D eigenvalue weighted by atomic mass is 10.0. The van der Waals surface area contributed by atoms with E-state index in [0.29, 0.717) is 5.71 Å². The maximum atomic E-state index is 11.3. The van der Waals surface area contributed by atoms with E-state index >= 15 is 0 Å². The van der Waals surface area contributed by atoms with Crippen molar-refractivity contribution < 1.29 is 19.8 Å². The van der Waals surface area contributed by atoms with Crippen LogP contribution in [0.5, 0.6) is 0 Å². The molecule has 0 aliphatic carbocycles. The Hall–Kier alpha value is -2.95. The Bertz CT molecular complexity index is 639. The van der Waals surface area contributed by atoms with Gasteiger partial charge in [0.15, 0.2) is 6.04 Å². The Balaban J connectivity index is 2.50. The molecule has 0 aliphatic heterocycles. The molecule has 0 bridgehead atoms. The van der Waals surface area contributed by atoms with E-state index in [9.17, 15) is 14.7 Å². The van der Waals surface area contributed by atoms with Gasteiger partial charge in [0.2, 0.25) is 0 Å². The van der Waals surface area contributed by atoms with Crippen molar-refractivity contribution in [1.82, 2.24) is 0 Å². The third-order valence-corrected chi connectivity index (χ3v) is 3.03. The van der Waals surface area contributed by atoms with Gasteiger partial charge in [0.25, 0.3) is 0 Å². The molecule has 2 aromatic carbocycles. The minimum atomic E-state index is -1.33. The van der Waals surface area contributed by atoms with Gasteiger partial charge in [0, 0.05) is 11.1 Å². The quantitative estimate of drug-likeness (QED) is 0.802. The lowest BCUT2D eigenvalue weighted by Gasteiger charge is -2.11. The van der Waals surface area contributed by atoms with Crippen LogP contribution in [0.3, 0.4) is 0 Å². The fraction of sp³-hybridized carbons (Fsp3) is 0.118. The normalized spacial score (nSPS) is 11.5. The molecule has 0 radical (unpaired) electrons. The highest BCUT2D eigenvalue weighted by molar-refractivity contribution is 6.13. The fourth-order valence-corrected chi connectivity index (χ4v) is 2.02. The molecule has 0 amide bonds. The number of carbonyl (C=O) groups is 2. The zero-order valence-corrected chi connectivity index (χ0v) is 11.7. The van der Waals surface area contributed by atoms with Gasteiger partial charge < -0.3 is 10.2 Å². The van der Waals surface area contributed by atoms with Crippen molar-refractivity contribution in [2.45, 2.75) is 12.5 Å². The van der Waals surface area contributed by atoms with Crippen LogP contribution >= 0.6 is 0 Å². The number of benzene rings is 2. The van der Waals surface area contributed by atoms with Crippen molar-refractivity contribution in [1.29, 1.82) is 0 Å². The number of carboxylic acids is 2. The summed E-state index contributed by atoms with van der Waals surface area (Å²) in [6, 6.07) is 16.9. The molecule has 1 unspecified atom stereocenters. The van der Waals surface area contributed by atoms with Crippen LogP contribution < -0.4 is 0 Å². The van der Waals surface area contributed by atoms with E-state index in [-0.39, 0.29) is 0 Å². The number of aliphatic imine (C=N–C) groups is 1. The van der Waals surface area contributed by atoms with Crippen LogP contribution in [-0.2, 0) is 9.59 Å². The Morgan fingerprint density at radius 2 is 1.32 bits per heavy atom. The SMILES string of the molecule is O=C(O)CC(N=C(c1ccccc1)c1ccccc1)C(=O)O. The monoisotopic (exact) mass is 297 g/mol. The van der Waals surface area contributed by atoms with Crippen LogP contribution in [0.4, 0.5) is 0 Å². The second-order valence-electron chi connectivity index (χ2n) is 4.66. The van der Waals surface area contributed by atoms with Crippen molar-refractivity contribution in [3.05, 3.63) is 71.8 Å². The number of nitrogens with zero attached hydrogens (tertiary/aromatic N) is 1. The van der Waals surface area contributed by atoms with E-state index in [0.717, 1.165) is 11.1 Å². The van der Waals surface area contributed by atoms with Crippen LogP contribution in [0.2, 0.25) is 0 Å². The maximum absolute atomic E-state index is 11.3. The second kappa shape index (κ2) is 7.17. The summed E-state index contributed by atoms with van der Waals surface area (Å²) in [5, 5.41) is 18.0. The molecule has 1 atom stereocenters. The third-order valence-electron chi connectivity index (χ3n) is 3.03. The van der Waals surface area contributed by atoms with Gasteiger partial charge in [-0.15, -0.1) is 0 Å². The number of carboxylic acid groups (broad SMARTS) is 2. The number of hydrogen-bond donors (Lipinski definition) is 2. The lowest BCUT2D eigenvalue weighted by molar-refractivity contribution is -0.144. The molecule has 5 nitrogen and oxygen atoms in total. The highest BCUT2D eigenvalue weighted by atomic mass is 16.4. The first-order valence-corrected chi connectivity index (χ1v) is 6.71. The molecule has 2 rings (SSSR count). The van der Waals surface area contributed by atoms with Crippen molar-refractivity contribution in [2.24, 2.45) is 4.99 Å². The zero-order chi connectivity index (χ0) is 15.9. The highest BCUT2D eigenvalue weighted by Crippen LogP contribution is 2.13. The van der Waals surface area contributed by atoms with E-state index in [4.69, 9.17) is 5.11 Å². The maximum Gasteiger partial charge on any atom is 0.329 e. The van der Waals surface area contributed by atoms with Gasteiger partial charge in [0.05, 0.1) is 12.1 Å². The summed E-state index contributed by atoms with van der Waals surface area (Å²) in [4.78, 5) is 26.3. The fourth-order valence-electron chi connectivity index (χ4n) is 2.02. The van der Waals surface area contributed by atoms with Crippen LogP contribution in [0.1, 0.15) is 17.5 Å². The molecule has 0 saturated heterocycles. The molecule has 0 saturated carbocycles. The predicted molar refractivity (Wildman–Crippen MR) is 82.2 cm³/mol. The minimum Gasteiger partial charge on any atom is -0.481 e. The summed E-state index contributed by atoms with van der Waals surface area (Å²) in [5.41, 5.74) is 1.95. The van der Waals surface area contributed by atoms with Crippen molar-refractivity contribution in [3.63, 3.8) is 0 Å². The number of rotatable bonds is 6. The van der Waals surface area contributed by atoms with E-state index in [1.807, 2.05) is 60.7 Å². The molecule has 0 spiro atoms. The second-order valence-corrected chi connectivity index (χ2v) is 4.66. The molecule has 2 N–H and O–H groups in total. The van der Waals surface area contributed by atoms with Crippen LogP contribution in [-0.4, -0.2) is 33.9 Å². The first-order chi connectivity index (χ1) is 10.6. The summed E-state index contributed by atoms with van der Waals surface area (Å²) < 4.78 is 0. The van der Waals surface area contributed by atoms with Crippen LogP contribution in [0, 0.1) is 0 Å². The predicted octanol–water partition coefficient (Wildman–Crippen LogP) is 2.45. The summed E-state index contributed by atoms with van der Waals surface area (Å²) >= 11 is 0. The van der Waals surface area contributed by atoms with Crippen LogP contribution in [0.25, 0.3) is 0 Å². The van der Waals surface area contributed by atoms with Gasteiger partial charge >= 0.3 is 11.9 Å². The van der Waals surface area contributed by atoms with Gasteiger partial charge in [-0.3, -0.25) is 9.79 Å². The molecule has 0 aromatic heterocycles. The van der Waals surface area contributed by atoms with Gasteiger partial charge in [-0.05, 0) is 0 Å². The summed E-state index contributed by atoms with van der Waals surface area (Å²) in [5.74, 6) is -2.46. The average Bonchev–Trinajstić information content (AvgIpc) is 2.52. The Kier molecular flexibility index (Phi) is 5.03. The first-order valence-electron chi connectivity index (χ1n) is 6.71. The smallest absolute Gasteiger partial charge is 0.329 e. The molecule has 2 aromatic rings. The van der Waals surface area contributed by atoms with E-state index in [1.165, 1.54) is 0 Å². The average molecular weight is 297 g/mol. The standard InChI is InChI=1S/C17H15NO4/c19-15(20)11-14(17(21)22)18-16(12-7-3-1-4-8-12)13-9-5-2-6-10-13/h1-10,14H,11H2,(H,19,20)(H,21,22). The molecule has 0 aliphatic rings. The molecular formula is C17H15NO4. The summed E-state index contributed by atoms with van der Waals surface area (Å²) in [6.07, 6.45) is -0.557. The third kappa shape index (κ3) is 4.02. The number of aliphatic carboxylic acids is 2. The number of hydrogen-bond acceptors (Lipinski definition) is 3. The van der Waals surface area contributed by atoms with Gasteiger partial charge in [-0.1, -0.05) is 60.7 Å². The topological polar surface area (TPSA) is 87.0 Å². The first kappa shape index (κ1) is 15.4. The van der Waals surface area contributed by atoms with Crippen molar-refractivity contribution in [3.8, 4) is 0 Å². The minimum absolute atomic E-state index is 0.467. The molecule has 5 heteroatoms. The van der Waals surface area contributed by atoms with Crippen molar-refractivity contribution in [2.75, 3.05) is 0 Å². The largest absolute Gasteiger partial charge is 0.481 e. The molecule has 0 fully saturated rings. The van der Waals surface area contributed by atoms with Crippen LogP contribution in [0.15, 0.2) is 65.7 Å². The Morgan fingerprint density at radius 3 is 1.68 bits per heavy atom. The van der Waals surface area contributed by atoms with Gasteiger partial charge in [0.1, 0.15) is 0 Å². The van der Waals surface area contributed by atoms with E-state index < -0.39 is 24.4 Å². The molecule has 112 valence electrons. The molecule has 22 heavy (non-hydrogen) atoms. The lowest BCUT2D eigenvalue weighted by Crippen LogP contribution is -2.24. The van der Waals surface area contributed by atoms with Gasteiger partial charge in [-0.25, -0.2) is 4.79 Å². The van der Waals surface area contributed by atoms with E-state index in [1.54, 1.807) is 0 Å². The van der Waals surface area contributed by atoms with E-state index in [2.05, 4.69) is 4.99 Å². The van der Waals surface area contributed by atoms with Crippen molar-refractivity contribution >= 4 is 17.7 Å². The molecular weight excluding hydrogens is 282 g/mol.